The molecule has 2 rings (SSSR count). The van der Waals surface area contributed by atoms with Crippen molar-refractivity contribution in [2.24, 2.45) is 0 Å². The molecular formula is C17H20N2O. The van der Waals surface area contributed by atoms with Gasteiger partial charge in [-0.15, -0.1) is 0 Å². The molecule has 0 aromatic heterocycles. The van der Waals surface area contributed by atoms with Crippen molar-refractivity contribution >= 4 is 11.6 Å². The van der Waals surface area contributed by atoms with Crippen LogP contribution in [-0.2, 0) is 17.8 Å². The summed E-state index contributed by atoms with van der Waals surface area (Å²) in [4.78, 5) is 13.9. The van der Waals surface area contributed by atoms with E-state index in [9.17, 15) is 4.79 Å². The van der Waals surface area contributed by atoms with Crippen molar-refractivity contribution in [3.63, 3.8) is 0 Å². The quantitative estimate of drug-likeness (QED) is 0.848. The lowest BCUT2D eigenvalue weighted by Crippen LogP contribution is -2.26. The van der Waals surface area contributed by atoms with E-state index < -0.39 is 0 Å². The minimum atomic E-state index is 0.158. The van der Waals surface area contributed by atoms with Gasteiger partial charge in [0.15, 0.2) is 0 Å². The molecule has 0 atom stereocenters. The van der Waals surface area contributed by atoms with E-state index in [0.29, 0.717) is 13.0 Å². The topological polar surface area (TPSA) is 46.3 Å². The average Bonchev–Trinajstić information content (AvgIpc) is 2.47. The van der Waals surface area contributed by atoms with Crippen LogP contribution in [0.1, 0.15) is 17.5 Å². The predicted octanol–water partition coefficient (Wildman–Crippen LogP) is 2.86. The van der Waals surface area contributed by atoms with Gasteiger partial charge in [-0.1, -0.05) is 42.5 Å². The molecule has 0 saturated heterocycles. The zero-order valence-electron chi connectivity index (χ0n) is 11.8. The third-order valence-electron chi connectivity index (χ3n) is 3.30. The highest BCUT2D eigenvalue weighted by molar-refractivity contribution is 5.76. The first-order chi connectivity index (χ1) is 9.65. The van der Waals surface area contributed by atoms with Crippen molar-refractivity contribution in [1.82, 2.24) is 4.90 Å². The fourth-order valence-corrected chi connectivity index (χ4v) is 2.07. The van der Waals surface area contributed by atoms with Gasteiger partial charge in [0.1, 0.15) is 0 Å². The summed E-state index contributed by atoms with van der Waals surface area (Å²) in [6.45, 7) is 0.654. The Kier molecular flexibility index (Phi) is 4.77. The summed E-state index contributed by atoms with van der Waals surface area (Å²) >= 11 is 0. The Labute approximate surface area is 120 Å². The van der Waals surface area contributed by atoms with Crippen LogP contribution < -0.4 is 5.73 Å². The third-order valence-corrected chi connectivity index (χ3v) is 3.30. The van der Waals surface area contributed by atoms with Crippen molar-refractivity contribution in [3.8, 4) is 0 Å². The normalized spacial score (nSPS) is 10.2. The molecule has 0 bridgehead atoms. The van der Waals surface area contributed by atoms with Crippen molar-refractivity contribution in [2.45, 2.75) is 19.4 Å². The molecule has 0 aliphatic carbocycles. The number of carbonyl (C=O) groups excluding carboxylic acids is 1. The highest BCUT2D eigenvalue weighted by atomic mass is 16.2. The molecule has 0 heterocycles. The zero-order chi connectivity index (χ0) is 14.4. The Balaban J connectivity index is 1.83. The van der Waals surface area contributed by atoms with Crippen LogP contribution in [0.3, 0.4) is 0 Å². The van der Waals surface area contributed by atoms with Crippen molar-refractivity contribution in [2.75, 3.05) is 12.8 Å². The van der Waals surface area contributed by atoms with Gasteiger partial charge in [0.05, 0.1) is 0 Å². The Morgan fingerprint density at radius 2 is 1.65 bits per heavy atom. The number of aryl methyl sites for hydroxylation is 1. The largest absolute Gasteiger partial charge is 0.399 e. The molecule has 3 heteroatoms. The number of carbonyl (C=O) groups is 1. The average molecular weight is 268 g/mol. The lowest BCUT2D eigenvalue weighted by molar-refractivity contribution is -0.130. The second-order valence-electron chi connectivity index (χ2n) is 4.98. The summed E-state index contributed by atoms with van der Waals surface area (Å²) in [6, 6.07) is 17.7. The van der Waals surface area contributed by atoms with Gasteiger partial charge < -0.3 is 10.6 Å². The number of hydrogen-bond donors (Lipinski definition) is 1. The summed E-state index contributed by atoms with van der Waals surface area (Å²) < 4.78 is 0. The molecule has 2 aromatic rings. The molecule has 0 saturated carbocycles. The Hall–Kier alpha value is -2.29. The highest BCUT2D eigenvalue weighted by Gasteiger charge is 2.09. The predicted molar refractivity (Wildman–Crippen MR) is 82.1 cm³/mol. The van der Waals surface area contributed by atoms with Gasteiger partial charge in [-0.3, -0.25) is 4.79 Å². The summed E-state index contributed by atoms with van der Waals surface area (Å²) in [5.41, 5.74) is 8.68. The lowest BCUT2D eigenvalue weighted by Gasteiger charge is -2.17. The van der Waals surface area contributed by atoms with E-state index in [1.54, 1.807) is 4.90 Å². The standard InChI is InChI=1S/C17H20N2O/c1-19(13-15-5-3-2-4-6-15)17(20)12-9-14-7-10-16(18)11-8-14/h2-8,10-11H,9,12-13,18H2,1H3. The molecule has 0 aliphatic rings. The van der Waals surface area contributed by atoms with Crippen LogP contribution in [0.25, 0.3) is 0 Å². The molecule has 0 fully saturated rings. The maximum absolute atomic E-state index is 12.1. The number of amides is 1. The smallest absolute Gasteiger partial charge is 0.222 e. The molecule has 2 aromatic carbocycles. The maximum atomic E-state index is 12.1. The van der Waals surface area contributed by atoms with Crippen LogP contribution in [-0.4, -0.2) is 17.9 Å². The van der Waals surface area contributed by atoms with Gasteiger partial charge in [-0.25, -0.2) is 0 Å². The van der Waals surface area contributed by atoms with Gasteiger partial charge in [-0.2, -0.15) is 0 Å². The van der Waals surface area contributed by atoms with Crippen LogP contribution in [0.5, 0.6) is 0 Å². The molecule has 0 spiro atoms. The number of anilines is 1. The molecule has 2 N–H and O–H groups in total. The first kappa shape index (κ1) is 14.1. The summed E-state index contributed by atoms with van der Waals surface area (Å²) in [7, 11) is 1.85. The van der Waals surface area contributed by atoms with Gasteiger partial charge in [0, 0.05) is 25.7 Å². The Morgan fingerprint density at radius 1 is 1.00 bits per heavy atom. The summed E-state index contributed by atoms with van der Waals surface area (Å²) in [5.74, 6) is 0.158. The maximum Gasteiger partial charge on any atom is 0.222 e. The molecule has 0 radical (unpaired) electrons. The van der Waals surface area contributed by atoms with Gasteiger partial charge in [-0.05, 0) is 29.7 Å². The number of benzene rings is 2. The molecular weight excluding hydrogens is 248 g/mol. The van der Waals surface area contributed by atoms with E-state index in [2.05, 4.69) is 0 Å². The second kappa shape index (κ2) is 6.75. The zero-order valence-corrected chi connectivity index (χ0v) is 11.8. The van der Waals surface area contributed by atoms with Crippen molar-refractivity contribution in [3.05, 3.63) is 65.7 Å². The van der Waals surface area contributed by atoms with Gasteiger partial charge in [0.25, 0.3) is 0 Å². The summed E-state index contributed by atoms with van der Waals surface area (Å²) in [6.07, 6.45) is 1.27. The molecule has 1 amide bonds. The van der Waals surface area contributed by atoms with E-state index in [-0.39, 0.29) is 5.91 Å². The van der Waals surface area contributed by atoms with E-state index in [0.717, 1.165) is 23.2 Å². The minimum Gasteiger partial charge on any atom is -0.399 e. The van der Waals surface area contributed by atoms with Crippen LogP contribution in [0.4, 0.5) is 5.69 Å². The molecule has 0 unspecified atom stereocenters. The molecule has 104 valence electrons. The fraction of sp³-hybridized carbons (Fsp3) is 0.235. The molecule has 3 nitrogen and oxygen atoms in total. The number of rotatable bonds is 5. The third kappa shape index (κ3) is 4.12. The van der Waals surface area contributed by atoms with Crippen LogP contribution in [0, 0.1) is 0 Å². The number of nitrogens with zero attached hydrogens (tertiary/aromatic N) is 1. The molecule has 20 heavy (non-hydrogen) atoms. The fourth-order valence-electron chi connectivity index (χ4n) is 2.07. The Morgan fingerprint density at radius 3 is 2.30 bits per heavy atom. The van der Waals surface area contributed by atoms with Crippen LogP contribution >= 0.6 is 0 Å². The summed E-state index contributed by atoms with van der Waals surface area (Å²) in [5, 5.41) is 0. The minimum absolute atomic E-state index is 0.158. The van der Waals surface area contributed by atoms with Crippen LogP contribution in [0.15, 0.2) is 54.6 Å². The second-order valence-corrected chi connectivity index (χ2v) is 4.98. The number of nitrogens with two attached hydrogens (primary N) is 1. The van der Waals surface area contributed by atoms with E-state index in [4.69, 9.17) is 5.73 Å². The van der Waals surface area contributed by atoms with Crippen LogP contribution in [0.2, 0.25) is 0 Å². The number of hydrogen-bond acceptors (Lipinski definition) is 2. The van der Waals surface area contributed by atoms with Crippen molar-refractivity contribution < 1.29 is 4.79 Å². The van der Waals surface area contributed by atoms with E-state index >= 15 is 0 Å². The van der Waals surface area contributed by atoms with E-state index in [1.807, 2.05) is 61.6 Å². The SMILES string of the molecule is CN(Cc1ccccc1)C(=O)CCc1ccc(N)cc1. The first-order valence-electron chi connectivity index (χ1n) is 6.77. The Bertz CT molecular complexity index is 549. The lowest BCUT2D eigenvalue weighted by atomic mass is 10.1. The highest BCUT2D eigenvalue weighted by Crippen LogP contribution is 2.10. The van der Waals surface area contributed by atoms with Gasteiger partial charge >= 0.3 is 0 Å². The first-order valence-corrected chi connectivity index (χ1v) is 6.77. The molecule has 0 aliphatic heterocycles. The van der Waals surface area contributed by atoms with Gasteiger partial charge in [0.2, 0.25) is 5.91 Å². The monoisotopic (exact) mass is 268 g/mol. The number of nitrogen functional groups attached to an aromatic ring is 1. The van der Waals surface area contributed by atoms with Crippen molar-refractivity contribution in [1.29, 1.82) is 0 Å². The van der Waals surface area contributed by atoms with E-state index in [1.165, 1.54) is 0 Å².